The molecule has 0 N–H and O–H groups in total. The van der Waals surface area contributed by atoms with Gasteiger partial charge in [0.2, 0.25) is 0 Å². The summed E-state index contributed by atoms with van der Waals surface area (Å²) in [6, 6.07) is 10.1. The fourth-order valence-electron chi connectivity index (χ4n) is 1.40. The van der Waals surface area contributed by atoms with Crippen LogP contribution in [0.2, 0.25) is 0 Å². The van der Waals surface area contributed by atoms with E-state index < -0.39 is 5.24 Å². The summed E-state index contributed by atoms with van der Waals surface area (Å²) >= 11 is 5.43. The second-order valence-corrected chi connectivity index (χ2v) is 3.26. The van der Waals surface area contributed by atoms with Gasteiger partial charge in [0.1, 0.15) is 0 Å². The number of halogens is 1. The molecule has 15 heavy (non-hydrogen) atoms. The Morgan fingerprint density at radius 1 is 1.47 bits per heavy atom. The van der Waals surface area contributed by atoms with E-state index in [1.807, 2.05) is 18.2 Å². The fourth-order valence-corrected chi connectivity index (χ4v) is 1.54. The van der Waals surface area contributed by atoms with E-state index >= 15 is 0 Å². The van der Waals surface area contributed by atoms with Gasteiger partial charge in [-0.2, -0.15) is 9.78 Å². The molecule has 0 aliphatic heterocycles. The maximum Gasteiger partial charge on any atom is 0.273 e. The molecular formula is C11H7ClN2O. The van der Waals surface area contributed by atoms with Gasteiger partial charge in [-0.15, -0.1) is 0 Å². The molecule has 0 saturated heterocycles. The number of carbonyl (C=O) groups is 1. The molecule has 1 heterocycles. The summed E-state index contributed by atoms with van der Waals surface area (Å²) in [6.07, 6.45) is 0. The Balaban J connectivity index is 2.83. The molecule has 0 amide bonds. The number of para-hydroxylation sites is 1. The van der Waals surface area contributed by atoms with Gasteiger partial charge in [-0.1, -0.05) is 24.1 Å². The molecule has 0 saturated carbocycles. The monoisotopic (exact) mass is 218 g/mol. The lowest BCUT2D eigenvalue weighted by Crippen LogP contribution is -1.94. The van der Waals surface area contributed by atoms with Gasteiger partial charge >= 0.3 is 0 Å². The summed E-state index contributed by atoms with van der Waals surface area (Å²) in [5.41, 5.74) is 1.03. The maximum absolute atomic E-state index is 11.1. The lowest BCUT2D eigenvalue weighted by molar-refractivity contribution is 0.107. The molecule has 0 radical (unpaired) electrons. The van der Waals surface area contributed by atoms with E-state index in [1.54, 1.807) is 13.0 Å². The summed E-state index contributed by atoms with van der Waals surface area (Å²) in [5, 5.41) is 4.20. The van der Waals surface area contributed by atoms with Crippen molar-refractivity contribution in [2.24, 2.45) is 0 Å². The largest absolute Gasteiger partial charge is 0.274 e. The van der Waals surface area contributed by atoms with Crippen molar-refractivity contribution in [3.63, 3.8) is 0 Å². The Morgan fingerprint density at radius 2 is 2.20 bits per heavy atom. The molecule has 1 aromatic carbocycles. The van der Waals surface area contributed by atoms with E-state index in [4.69, 9.17) is 11.6 Å². The van der Waals surface area contributed by atoms with Gasteiger partial charge in [0.15, 0.2) is 5.69 Å². The normalized spacial score (nSPS) is 9.73. The average Bonchev–Trinajstić information content (AvgIpc) is 2.59. The van der Waals surface area contributed by atoms with Gasteiger partial charge in [-0.3, -0.25) is 4.79 Å². The van der Waals surface area contributed by atoms with Crippen molar-refractivity contribution in [2.75, 3.05) is 0 Å². The molecule has 74 valence electrons. The number of hydrogen-bond acceptors (Lipinski definition) is 2. The van der Waals surface area contributed by atoms with Crippen LogP contribution in [0.5, 0.6) is 0 Å². The first-order valence-corrected chi connectivity index (χ1v) is 4.72. The standard InChI is InChI=1S/C11H7ClN2O/c1-2-7-14-9-6-4-3-5-8(9)10(13-14)11(12)15/h3-6H,1H3. The molecule has 0 aliphatic carbocycles. The Labute approximate surface area is 91.6 Å². The van der Waals surface area contributed by atoms with Gasteiger partial charge in [0.25, 0.3) is 5.24 Å². The Kier molecular flexibility index (Phi) is 2.44. The zero-order valence-electron chi connectivity index (χ0n) is 7.99. The first kappa shape index (κ1) is 9.75. The lowest BCUT2D eigenvalue weighted by Gasteiger charge is -1.89. The average molecular weight is 219 g/mol. The van der Waals surface area contributed by atoms with Crippen LogP contribution in [0.4, 0.5) is 0 Å². The van der Waals surface area contributed by atoms with Crippen LogP contribution in [0, 0.1) is 12.0 Å². The number of hydrogen-bond donors (Lipinski definition) is 0. The van der Waals surface area contributed by atoms with Crippen LogP contribution in [0.1, 0.15) is 17.4 Å². The lowest BCUT2D eigenvalue weighted by atomic mass is 10.2. The summed E-state index contributed by atoms with van der Waals surface area (Å²) in [6.45, 7) is 1.71. The molecule has 3 nitrogen and oxygen atoms in total. The van der Waals surface area contributed by atoms with Crippen molar-refractivity contribution in [2.45, 2.75) is 6.92 Å². The smallest absolute Gasteiger partial charge is 0.273 e. The van der Waals surface area contributed by atoms with E-state index in [0.717, 1.165) is 10.9 Å². The van der Waals surface area contributed by atoms with Crippen LogP contribution in [0.15, 0.2) is 24.3 Å². The number of nitrogens with zero attached hydrogens (tertiary/aromatic N) is 2. The van der Waals surface area contributed by atoms with Crippen molar-refractivity contribution in [3.05, 3.63) is 30.0 Å². The molecule has 0 unspecified atom stereocenters. The molecular weight excluding hydrogens is 212 g/mol. The Morgan fingerprint density at radius 3 is 2.87 bits per heavy atom. The second kappa shape index (κ2) is 3.76. The van der Waals surface area contributed by atoms with Crippen LogP contribution in [-0.2, 0) is 0 Å². The van der Waals surface area contributed by atoms with Crippen molar-refractivity contribution in [3.8, 4) is 12.0 Å². The van der Waals surface area contributed by atoms with Crippen LogP contribution in [0.3, 0.4) is 0 Å². The van der Waals surface area contributed by atoms with Crippen LogP contribution < -0.4 is 0 Å². The third-order valence-corrected chi connectivity index (χ3v) is 2.17. The number of aromatic nitrogens is 2. The molecule has 1 aromatic heterocycles. The van der Waals surface area contributed by atoms with Gasteiger partial charge in [0, 0.05) is 11.4 Å². The fraction of sp³-hybridized carbons (Fsp3) is 0.0909. The van der Waals surface area contributed by atoms with Crippen LogP contribution >= 0.6 is 11.6 Å². The van der Waals surface area contributed by atoms with Gasteiger partial charge in [-0.05, 0) is 24.6 Å². The van der Waals surface area contributed by atoms with Crippen molar-refractivity contribution < 1.29 is 4.79 Å². The minimum absolute atomic E-state index is 0.245. The molecule has 2 rings (SSSR count). The number of rotatable bonds is 1. The first-order valence-electron chi connectivity index (χ1n) is 4.34. The predicted molar refractivity (Wildman–Crippen MR) is 58.8 cm³/mol. The molecule has 0 spiro atoms. The zero-order valence-corrected chi connectivity index (χ0v) is 8.75. The Bertz CT molecular complexity index is 589. The highest BCUT2D eigenvalue weighted by molar-refractivity contribution is 6.68. The molecule has 0 fully saturated rings. The topological polar surface area (TPSA) is 34.9 Å². The van der Waals surface area contributed by atoms with E-state index in [1.165, 1.54) is 4.68 Å². The SMILES string of the molecule is CC#Cn1nc(C(=O)Cl)c2ccccc21. The van der Waals surface area contributed by atoms with Gasteiger partial charge in [-0.25, -0.2) is 0 Å². The van der Waals surface area contributed by atoms with Crippen molar-refractivity contribution >= 4 is 27.7 Å². The summed E-state index contributed by atoms with van der Waals surface area (Å²) in [4.78, 5) is 11.1. The molecule has 0 bridgehead atoms. The summed E-state index contributed by atoms with van der Waals surface area (Å²) in [7, 11) is 0. The van der Waals surface area contributed by atoms with Crippen LogP contribution in [-0.4, -0.2) is 15.0 Å². The van der Waals surface area contributed by atoms with Crippen molar-refractivity contribution in [1.29, 1.82) is 0 Å². The summed E-state index contributed by atoms with van der Waals surface area (Å²) < 4.78 is 1.46. The van der Waals surface area contributed by atoms with E-state index in [-0.39, 0.29) is 5.69 Å². The molecule has 4 heteroatoms. The number of benzene rings is 1. The third kappa shape index (κ3) is 1.60. The van der Waals surface area contributed by atoms with E-state index in [2.05, 4.69) is 17.1 Å². The van der Waals surface area contributed by atoms with E-state index in [9.17, 15) is 4.79 Å². The van der Waals surface area contributed by atoms with Crippen LogP contribution in [0.25, 0.3) is 10.9 Å². The highest BCUT2D eigenvalue weighted by Crippen LogP contribution is 2.18. The Hall–Kier alpha value is -1.79. The minimum atomic E-state index is -0.567. The third-order valence-electron chi connectivity index (χ3n) is 1.99. The predicted octanol–water partition coefficient (Wildman–Crippen LogP) is 2.24. The summed E-state index contributed by atoms with van der Waals surface area (Å²) in [5.74, 6) is 2.72. The highest BCUT2D eigenvalue weighted by Gasteiger charge is 2.13. The quantitative estimate of drug-likeness (QED) is 0.544. The number of carbonyl (C=O) groups excluding carboxylic acids is 1. The zero-order chi connectivity index (χ0) is 10.8. The first-order chi connectivity index (χ1) is 7.24. The van der Waals surface area contributed by atoms with E-state index in [0.29, 0.717) is 0 Å². The molecule has 0 aliphatic rings. The molecule has 0 atom stereocenters. The minimum Gasteiger partial charge on any atom is -0.274 e. The maximum atomic E-state index is 11.1. The van der Waals surface area contributed by atoms with Crippen molar-refractivity contribution in [1.82, 2.24) is 9.78 Å². The highest BCUT2D eigenvalue weighted by atomic mass is 35.5. The second-order valence-electron chi connectivity index (χ2n) is 2.91. The van der Waals surface area contributed by atoms with Gasteiger partial charge in [0.05, 0.1) is 5.52 Å². The van der Waals surface area contributed by atoms with Gasteiger partial charge < -0.3 is 0 Å². The number of fused-ring (bicyclic) bond motifs is 1. The molecule has 2 aromatic rings.